The molecule has 0 unspecified atom stereocenters. The van der Waals surface area contributed by atoms with Gasteiger partial charge in [-0.2, -0.15) is 0 Å². The Labute approximate surface area is 130 Å². The first-order valence-electron chi connectivity index (χ1n) is 6.90. The molecule has 23 heavy (non-hydrogen) atoms. The molecule has 3 rings (SSSR count). The molecule has 0 radical (unpaired) electrons. The van der Waals surface area contributed by atoms with Gasteiger partial charge in [0.25, 0.3) is 0 Å². The summed E-state index contributed by atoms with van der Waals surface area (Å²) in [5.41, 5.74) is 5.76. The Kier molecular flexibility index (Phi) is 3.94. The maximum absolute atomic E-state index is 13.9. The lowest BCUT2D eigenvalue weighted by molar-refractivity contribution is 0.265. The largest absolute Gasteiger partial charge is 0.496 e. The Hall–Kier alpha value is -2.57. The predicted octanol–water partition coefficient (Wildman–Crippen LogP) is 3.21. The molecule has 2 aromatic carbocycles. The lowest BCUT2D eigenvalue weighted by Crippen LogP contribution is -2.05. The molecule has 0 saturated heterocycles. The first-order valence-corrected chi connectivity index (χ1v) is 6.90. The van der Waals surface area contributed by atoms with Gasteiger partial charge in [0.1, 0.15) is 12.4 Å². The third kappa shape index (κ3) is 2.62. The Morgan fingerprint density at radius 2 is 1.96 bits per heavy atom. The van der Waals surface area contributed by atoms with Gasteiger partial charge in [0.2, 0.25) is 0 Å². The summed E-state index contributed by atoms with van der Waals surface area (Å²) in [6, 6.07) is 3.54. The molecule has 0 aromatic heterocycles. The summed E-state index contributed by atoms with van der Waals surface area (Å²) in [5, 5.41) is 0. The van der Waals surface area contributed by atoms with Gasteiger partial charge >= 0.3 is 0 Å². The Bertz CT molecular complexity index is 765. The zero-order chi connectivity index (χ0) is 16.6. The average Bonchev–Trinajstić information content (AvgIpc) is 3.03. The van der Waals surface area contributed by atoms with Crippen LogP contribution in [0, 0.1) is 17.5 Å². The van der Waals surface area contributed by atoms with Gasteiger partial charge in [0.15, 0.2) is 29.0 Å². The van der Waals surface area contributed by atoms with E-state index in [0.717, 1.165) is 6.07 Å². The summed E-state index contributed by atoms with van der Waals surface area (Å²) < 4.78 is 57.0. The highest BCUT2D eigenvalue weighted by atomic mass is 19.2. The second kappa shape index (κ2) is 5.91. The summed E-state index contributed by atoms with van der Waals surface area (Å²) in [5.74, 6) is -2.04. The van der Waals surface area contributed by atoms with Crippen LogP contribution >= 0.6 is 0 Å². The van der Waals surface area contributed by atoms with Gasteiger partial charge in [-0.25, -0.2) is 13.2 Å². The fourth-order valence-corrected chi connectivity index (χ4v) is 2.49. The number of nitrogens with two attached hydrogens (primary N) is 1. The summed E-state index contributed by atoms with van der Waals surface area (Å²) in [4.78, 5) is 0. The zero-order valence-corrected chi connectivity index (χ0v) is 12.3. The number of rotatable bonds is 4. The molecule has 0 aliphatic carbocycles. The third-order valence-electron chi connectivity index (χ3n) is 3.65. The molecule has 1 aliphatic rings. The van der Waals surface area contributed by atoms with Crippen molar-refractivity contribution in [2.45, 2.75) is 13.0 Å². The van der Waals surface area contributed by atoms with E-state index in [2.05, 4.69) is 0 Å². The first kappa shape index (κ1) is 15.3. The van der Waals surface area contributed by atoms with Crippen LogP contribution < -0.4 is 19.9 Å². The van der Waals surface area contributed by atoms with Crippen LogP contribution in [0.3, 0.4) is 0 Å². The zero-order valence-electron chi connectivity index (χ0n) is 12.3. The van der Waals surface area contributed by atoms with E-state index in [0.29, 0.717) is 18.6 Å². The summed E-state index contributed by atoms with van der Waals surface area (Å²) in [7, 11) is 1.34. The number of methoxy groups -OCH3 is 1. The van der Waals surface area contributed by atoms with Gasteiger partial charge in [0.05, 0.1) is 25.0 Å². The van der Waals surface area contributed by atoms with E-state index >= 15 is 0 Å². The maximum Gasteiger partial charge on any atom is 0.169 e. The smallest absolute Gasteiger partial charge is 0.169 e. The van der Waals surface area contributed by atoms with Gasteiger partial charge in [-0.3, -0.25) is 0 Å². The van der Waals surface area contributed by atoms with E-state index in [4.69, 9.17) is 19.9 Å². The molecule has 0 atom stereocenters. The predicted molar refractivity (Wildman–Crippen MR) is 77.3 cm³/mol. The molecule has 2 N–H and O–H groups in total. The van der Waals surface area contributed by atoms with Gasteiger partial charge < -0.3 is 19.9 Å². The van der Waals surface area contributed by atoms with Gasteiger partial charge in [-0.1, -0.05) is 0 Å². The van der Waals surface area contributed by atoms with Crippen LogP contribution in [-0.2, 0) is 13.0 Å². The minimum atomic E-state index is -1.06. The highest BCUT2D eigenvalue weighted by molar-refractivity contribution is 5.59. The van der Waals surface area contributed by atoms with Crippen molar-refractivity contribution >= 4 is 5.69 Å². The average molecular weight is 325 g/mol. The molecular formula is C16H14F3NO3. The van der Waals surface area contributed by atoms with E-state index in [1.165, 1.54) is 19.2 Å². The Morgan fingerprint density at radius 1 is 1.17 bits per heavy atom. The lowest BCUT2D eigenvalue weighted by Gasteiger charge is -2.14. The molecule has 0 saturated carbocycles. The number of ether oxygens (including phenoxy) is 3. The molecule has 7 heteroatoms. The van der Waals surface area contributed by atoms with E-state index in [-0.39, 0.29) is 35.1 Å². The van der Waals surface area contributed by atoms with Gasteiger partial charge in [0, 0.05) is 18.1 Å². The van der Waals surface area contributed by atoms with Crippen LogP contribution in [-0.4, -0.2) is 13.7 Å². The topological polar surface area (TPSA) is 53.7 Å². The van der Waals surface area contributed by atoms with Crippen LogP contribution in [0.1, 0.15) is 11.1 Å². The van der Waals surface area contributed by atoms with E-state index in [1.807, 2.05) is 0 Å². The fraction of sp³-hybridized carbons (Fsp3) is 0.250. The van der Waals surface area contributed by atoms with Crippen molar-refractivity contribution in [3.05, 3.63) is 46.8 Å². The minimum Gasteiger partial charge on any atom is -0.496 e. The van der Waals surface area contributed by atoms with Crippen molar-refractivity contribution in [1.82, 2.24) is 0 Å². The molecule has 1 heterocycles. The van der Waals surface area contributed by atoms with Crippen LogP contribution in [0.4, 0.5) is 18.9 Å². The molecule has 2 aromatic rings. The van der Waals surface area contributed by atoms with Crippen molar-refractivity contribution in [3.63, 3.8) is 0 Å². The van der Waals surface area contributed by atoms with Crippen molar-refractivity contribution < 1.29 is 27.4 Å². The maximum atomic E-state index is 13.9. The standard InChI is InChI=1S/C16H14F3NO3/c1-21-12-3-2-10(17)14(18)9(12)7-23-13-6-11(20)15(19)8-4-5-22-16(8)13/h2-3,6H,4-5,7,20H2,1H3. The van der Waals surface area contributed by atoms with Gasteiger partial charge in [-0.05, 0) is 12.1 Å². The summed E-state index contributed by atoms with van der Waals surface area (Å²) in [6.07, 6.45) is 0.375. The normalized spacial score (nSPS) is 12.7. The molecule has 0 amide bonds. The SMILES string of the molecule is COc1ccc(F)c(F)c1COc1cc(N)c(F)c2c1OCC2. The molecule has 4 nitrogen and oxygen atoms in total. The van der Waals surface area contributed by atoms with Crippen molar-refractivity contribution in [2.24, 2.45) is 0 Å². The van der Waals surface area contributed by atoms with E-state index in [9.17, 15) is 13.2 Å². The highest BCUT2D eigenvalue weighted by Crippen LogP contribution is 2.41. The van der Waals surface area contributed by atoms with Crippen LogP contribution in [0.25, 0.3) is 0 Å². The molecule has 122 valence electrons. The Balaban J connectivity index is 1.92. The molecule has 0 fully saturated rings. The molecule has 1 aliphatic heterocycles. The van der Waals surface area contributed by atoms with Crippen LogP contribution in [0.2, 0.25) is 0 Å². The Morgan fingerprint density at radius 3 is 2.70 bits per heavy atom. The van der Waals surface area contributed by atoms with E-state index < -0.39 is 17.5 Å². The summed E-state index contributed by atoms with van der Waals surface area (Å²) in [6.45, 7) is -0.00263. The minimum absolute atomic E-state index is 0.0813. The third-order valence-corrected chi connectivity index (χ3v) is 3.65. The first-order chi connectivity index (χ1) is 11.0. The van der Waals surface area contributed by atoms with E-state index in [1.54, 1.807) is 0 Å². The lowest BCUT2D eigenvalue weighted by atomic mass is 10.1. The number of benzene rings is 2. The molecule has 0 bridgehead atoms. The van der Waals surface area contributed by atoms with Crippen LogP contribution in [0.15, 0.2) is 18.2 Å². The number of anilines is 1. The molecule has 0 spiro atoms. The van der Waals surface area contributed by atoms with Crippen LogP contribution in [0.5, 0.6) is 17.2 Å². The number of hydrogen-bond donors (Lipinski definition) is 1. The monoisotopic (exact) mass is 325 g/mol. The van der Waals surface area contributed by atoms with Crippen molar-refractivity contribution in [2.75, 3.05) is 19.5 Å². The summed E-state index contributed by atoms with van der Waals surface area (Å²) >= 11 is 0. The highest BCUT2D eigenvalue weighted by Gasteiger charge is 2.25. The van der Waals surface area contributed by atoms with Gasteiger partial charge in [-0.15, -0.1) is 0 Å². The second-order valence-corrected chi connectivity index (χ2v) is 5.01. The number of hydrogen-bond acceptors (Lipinski definition) is 4. The number of halogens is 3. The number of nitrogen functional groups attached to an aromatic ring is 1. The number of fused-ring (bicyclic) bond motifs is 1. The van der Waals surface area contributed by atoms with Crippen molar-refractivity contribution in [1.29, 1.82) is 0 Å². The second-order valence-electron chi connectivity index (χ2n) is 5.01. The molecular weight excluding hydrogens is 311 g/mol. The quantitative estimate of drug-likeness (QED) is 0.877. The van der Waals surface area contributed by atoms with Crippen molar-refractivity contribution in [3.8, 4) is 17.2 Å². The fourth-order valence-electron chi connectivity index (χ4n) is 2.49.